The van der Waals surface area contributed by atoms with Crippen LogP contribution < -0.4 is 10.6 Å². The number of nitrogens with zero attached hydrogens (tertiary/aromatic N) is 2. The number of hydrogen-bond donors (Lipinski definition) is 2. The first-order valence-corrected chi connectivity index (χ1v) is 8.00. The highest BCUT2D eigenvalue weighted by Gasteiger charge is 2.10. The molecule has 0 saturated carbocycles. The largest absolute Gasteiger partial charge is 0.356 e. The van der Waals surface area contributed by atoms with Crippen LogP contribution in [0.4, 0.5) is 0 Å². The van der Waals surface area contributed by atoms with Crippen molar-refractivity contribution in [2.45, 2.75) is 32.7 Å². The lowest BCUT2D eigenvalue weighted by molar-refractivity contribution is 0.334. The Hall–Kier alpha value is -1.55. The van der Waals surface area contributed by atoms with Gasteiger partial charge >= 0.3 is 0 Å². The lowest BCUT2D eigenvalue weighted by Crippen LogP contribution is -2.38. The molecule has 1 saturated heterocycles. The monoisotopic (exact) mass is 288 g/mol. The van der Waals surface area contributed by atoms with Gasteiger partial charge in [0.2, 0.25) is 0 Å². The van der Waals surface area contributed by atoms with E-state index in [-0.39, 0.29) is 0 Å². The van der Waals surface area contributed by atoms with Crippen molar-refractivity contribution >= 4 is 5.96 Å². The third-order valence-corrected chi connectivity index (χ3v) is 3.91. The molecule has 2 rings (SSSR count). The van der Waals surface area contributed by atoms with E-state index in [0.29, 0.717) is 0 Å². The van der Waals surface area contributed by atoms with E-state index in [1.807, 2.05) is 7.05 Å². The SMILES string of the molecule is CN=C(NCCCN1CCCC1)NCc1cccc(C)c1. The first kappa shape index (κ1) is 15.8. The van der Waals surface area contributed by atoms with Crippen LogP contribution in [0.5, 0.6) is 0 Å². The molecular formula is C17H28N4. The molecule has 0 radical (unpaired) electrons. The molecule has 4 nitrogen and oxygen atoms in total. The summed E-state index contributed by atoms with van der Waals surface area (Å²) in [5.41, 5.74) is 2.58. The fraction of sp³-hybridized carbons (Fsp3) is 0.588. The maximum Gasteiger partial charge on any atom is 0.191 e. The zero-order valence-corrected chi connectivity index (χ0v) is 13.4. The molecule has 0 amide bonds. The number of aliphatic imine (C=N–C) groups is 1. The van der Waals surface area contributed by atoms with Crippen LogP contribution >= 0.6 is 0 Å². The summed E-state index contributed by atoms with van der Waals surface area (Å²) in [7, 11) is 1.83. The van der Waals surface area contributed by atoms with Gasteiger partial charge in [-0.25, -0.2) is 0 Å². The van der Waals surface area contributed by atoms with E-state index < -0.39 is 0 Å². The Kier molecular flexibility index (Phi) is 6.54. The molecule has 1 aliphatic rings. The number of nitrogens with one attached hydrogen (secondary N) is 2. The molecule has 1 heterocycles. The van der Waals surface area contributed by atoms with Gasteiger partial charge in [0.15, 0.2) is 5.96 Å². The molecule has 1 aromatic carbocycles. The summed E-state index contributed by atoms with van der Waals surface area (Å²) in [6.45, 7) is 7.66. The summed E-state index contributed by atoms with van der Waals surface area (Å²) < 4.78 is 0. The molecule has 0 spiro atoms. The van der Waals surface area contributed by atoms with Crippen LogP contribution in [0, 0.1) is 6.92 Å². The molecule has 4 heteroatoms. The lowest BCUT2D eigenvalue weighted by atomic mass is 10.1. The summed E-state index contributed by atoms with van der Waals surface area (Å²) in [6.07, 6.45) is 3.91. The quantitative estimate of drug-likeness (QED) is 0.479. The normalized spacial score (nSPS) is 16.2. The van der Waals surface area contributed by atoms with E-state index >= 15 is 0 Å². The highest BCUT2D eigenvalue weighted by atomic mass is 15.2. The number of guanidine groups is 1. The molecule has 1 aromatic rings. The minimum Gasteiger partial charge on any atom is -0.356 e. The number of benzene rings is 1. The average Bonchev–Trinajstić information content (AvgIpc) is 3.00. The van der Waals surface area contributed by atoms with Crippen LogP contribution in [0.3, 0.4) is 0 Å². The van der Waals surface area contributed by atoms with Crippen LogP contribution in [0.15, 0.2) is 29.3 Å². The van der Waals surface area contributed by atoms with Gasteiger partial charge in [0.1, 0.15) is 0 Å². The van der Waals surface area contributed by atoms with Gasteiger partial charge in [0, 0.05) is 20.1 Å². The highest BCUT2D eigenvalue weighted by molar-refractivity contribution is 5.79. The molecule has 0 bridgehead atoms. The van der Waals surface area contributed by atoms with E-state index in [9.17, 15) is 0 Å². The van der Waals surface area contributed by atoms with Gasteiger partial charge in [-0.1, -0.05) is 29.8 Å². The fourth-order valence-electron chi connectivity index (χ4n) is 2.74. The number of rotatable bonds is 6. The number of aryl methyl sites for hydroxylation is 1. The average molecular weight is 288 g/mol. The van der Waals surface area contributed by atoms with Crippen molar-refractivity contribution in [3.05, 3.63) is 35.4 Å². The molecule has 0 unspecified atom stereocenters. The van der Waals surface area contributed by atoms with E-state index in [4.69, 9.17) is 0 Å². The van der Waals surface area contributed by atoms with Crippen molar-refractivity contribution in [1.82, 2.24) is 15.5 Å². The lowest BCUT2D eigenvalue weighted by Gasteiger charge is -2.16. The van der Waals surface area contributed by atoms with Crippen LogP contribution in [0.25, 0.3) is 0 Å². The molecule has 1 fully saturated rings. The Morgan fingerprint density at radius 3 is 2.76 bits per heavy atom. The summed E-state index contributed by atoms with van der Waals surface area (Å²) in [5, 5.41) is 6.76. The zero-order valence-electron chi connectivity index (χ0n) is 13.4. The molecule has 116 valence electrons. The Balaban J connectivity index is 1.63. The van der Waals surface area contributed by atoms with Crippen molar-refractivity contribution in [3.8, 4) is 0 Å². The second kappa shape index (κ2) is 8.67. The van der Waals surface area contributed by atoms with Crippen LogP contribution in [-0.4, -0.2) is 44.1 Å². The Labute approximate surface area is 128 Å². The van der Waals surface area contributed by atoms with Crippen molar-refractivity contribution in [1.29, 1.82) is 0 Å². The molecular weight excluding hydrogens is 260 g/mol. The van der Waals surface area contributed by atoms with Gasteiger partial charge in [-0.2, -0.15) is 0 Å². The van der Waals surface area contributed by atoms with Crippen molar-refractivity contribution in [2.75, 3.05) is 33.2 Å². The second-order valence-electron chi connectivity index (χ2n) is 5.74. The fourth-order valence-corrected chi connectivity index (χ4v) is 2.74. The summed E-state index contributed by atoms with van der Waals surface area (Å²) in [4.78, 5) is 6.82. The molecule has 2 N–H and O–H groups in total. The minimum atomic E-state index is 0.813. The van der Waals surface area contributed by atoms with Crippen LogP contribution in [0.1, 0.15) is 30.4 Å². The number of hydrogen-bond acceptors (Lipinski definition) is 2. The first-order valence-electron chi connectivity index (χ1n) is 8.00. The van der Waals surface area contributed by atoms with E-state index in [2.05, 4.69) is 51.7 Å². The summed E-state index contributed by atoms with van der Waals surface area (Å²) >= 11 is 0. The standard InChI is InChI=1S/C17H28N4/c1-15-7-5-8-16(13-15)14-20-17(18-2)19-9-6-12-21-10-3-4-11-21/h5,7-8,13H,3-4,6,9-12,14H2,1-2H3,(H2,18,19,20). The summed E-state index contributed by atoms with van der Waals surface area (Å²) in [6, 6.07) is 8.56. The topological polar surface area (TPSA) is 39.7 Å². The second-order valence-corrected chi connectivity index (χ2v) is 5.74. The number of likely N-dealkylation sites (tertiary alicyclic amines) is 1. The van der Waals surface area contributed by atoms with Gasteiger partial charge in [-0.3, -0.25) is 4.99 Å². The third kappa shape index (κ3) is 5.76. The molecule has 0 atom stereocenters. The highest BCUT2D eigenvalue weighted by Crippen LogP contribution is 2.07. The minimum absolute atomic E-state index is 0.813. The predicted molar refractivity (Wildman–Crippen MR) is 89.7 cm³/mol. The van der Waals surface area contributed by atoms with Crippen molar-refractivity contribution in [2.24, 2.45) is 4.99 Å². The molecule has 21 heavy (non-hydrogen) atoms. The van der Waals surface area contributed by atoms with E-state index in [0.717, 1.165) is 19.0 Å². The Bertz CT molecular complexity index is 450. The smallest absolute Gasteiger partial charge is 0.191 e. The van der Waals surface area contributed by atoms with Gasteiger partial charge in [0.25, 0.3) is 0 Å². The molecule has 0 aromatic heterocycles. The predicted octanol–water partition coefficient (Wildman–Crippen LogP) is 2.15. The van der Waals surface area contributed by atoms with Gasteiger partial charge < -0.3 is 15.5 Å². The van der Waals surface area contributed by atoms with Gasteiger partial charge in [0.05, 0.1) is 0 Å². The third-order valence-electron chi connectivity index (χ3n) is 3.91. The Morgan fingerprint density at radius 1 is 1.24 bits per heavy atom. The maximum absolute atomic E-state index is 4.28. The van der Waals surface area contributed by atoms with Crippen LogP contribution in [0.2, 0.25) is 0 Å². The zero-order chi connectivity index (χ0) is 14.9. The summed E-state index contributed by atoms with van der Waals surface area (Å²) in [5.74, 6) is 0.887. The van der Waals surface area contributed by atoms with Gasteiger partial charge in [-0.05, 0) is 51.4 Å². The Morgan fingerprint density at radius 2 is 2.05 bits per heavy atom. The first-order chi connectivity index (χ1) is 10.3. The van der Waals surface area contributed by atoms with Crippen molar-refractivity contribution in [3.63, 3.8) is 0 Å². The molecule has 0 aliphatic carbocycles. The van der Waals surface area contributed by atoms with E-state index in [1.54, 1.807) is 0 Å². The van der Waals surface area contributed by atoms with E-state index in [1.165, 1.54) is 50.0 Å². The van der Waals surface area contributed by atoms with Crippen LogP contribution in [-0.2, 0) is 6.54 Å². The van der Waals surface area contributed by atoms with Crippen molar-refractivity contribution < 1.29 is 0 Å². The van der Waals surface area contributed by atoms with Gasteiger partial charge in [-0.15, -0.1) is 0 Å². The molecule has 1 aliphatic heterocycles. The maximum atomic E-state index is 4.28.